The van der Waals surface area contributed by atoms with E-state index in [0.717, 1.165) is 6.20 Å². The maximum Gasteiger partial charge on any atom is 0.368 e. The molecule has 64 valence electrons. The van der Waals surface area contributed by atoms with E-state index in [9.17, 15) is 14.0 Å². The van der Waals surface area contributed by atoms with Gasteiger partial charge in [0.05, 0.1) is 0 Å². The van der Waals surface area contributed by atoms with Crippen LogP contribution < -0.4 is 9.47 Å². The quantitative estimate of drug-likeness (QED) is 0.429. The maximum atomic E-state index is 12.9. The highest BCUT2D eigenvalue weighted by molar-refractivity contribution is 5.30. The van der Waals surface area contributed by atoms with E-state index < -0.39 is 18.2 Å². The molecule has 1 aliphatic heterocycles. The Morgan fingerprint density at radius 3 is 3.00 bits per heavy atom. The van der Waals surface area contributed by atoms with Gasteiger partial charge in [-0.3, -0.25) is 0 Å². The molecular formula is C7H5F2NO2. The topological polar surface area (TPSA) is 36.2 Å². The number of pyridine rings is 1. The third-order valence-corrected chi connectivity index (χ3v) is 1.68. The molecule has 0 bridgehead atoms. The number of hydrogen-bond donors (Lipinski definition) is 0. The van der Waals surface area contributed by atoms with Crippen LogP contribution in [0.3, 0.4) is 0 Å². The summed E-state index contributed by atoms with van der Waals surface area (Å²) in [6, 6.07) is 2.72. The summed E-state index contributed by atoms with van der Waals surface area (Å²) in [5.74, 6) is -3.18. The second kappa shape index (κ2) is 2.06. The van der Waals surface area contributed by atoms with Crippen LogP contribution in [0.25, 0.3) is 0 Å². The van der Waals surface area contributed by atoms with Crippen LogP contribution in [0.5, 0.6) is 5.75 Å². The van der Waals surface area contributed by atoms with Gasteiger partial charge in [-0.05, 0) is 6.07 Å². The minimum absolute atomic E-state index is 0.0301. The molecule has 0 saturated carbocycles. The fraction of sp³-hybridized carbons (Fsp3) is 0.286. The molecule has 3 nitrogen and oxygen atoms in total. The third kappa shape index (κ3) is 0.823. The fourth-order valence-corrected chi connectivity index (χ4v) is 1.17. The minimum Gasteiger partial charge on any atom is -0.618 e. The highest BCUT2D eigenvalue weighted by Crippen LogP contribution is 2.37. The zero-order valence-corrected chi connectivity index (χ0v) is 5.96. The van der Waals surface area contributed by atoms with Crippen molar-refractivity contribution in [3.05, 3.63) is 29.2 Å². The van der Waals surface area contributed by atoms with Crippen molar-refractivity contribution in [2.75, 3.05) is 6.61 Å². The maximum absolute atomic E-state index is 12.9. The molecule has 1 aromatic rings. The number of alkyl halides is 2. The number of ether oxygens (including phenoxy) is 1. The number of hydrogen-bond acceptors (Lipinski definition) is 2. The van der Waals surface area contributed by atoms with Gasteiger partial charge in [-0.15, -0.1) is 0 Å². The minimum atomic E-state index is -3.15. The molecule has 0 fully saturated rings. The molecule has 0 amide bonds. The Morgan fingerprint density at radius 1 is 1.58 bits per heavy atom. The van der Waals surface area contributed by atoms with Crippen LogP contribution >= 0.6 is 0 Å². The van der Waals surface area contributed by atoms with E-state index in [1.54, 1.807) is 0 Å². The van der Waals surface area contributed by atoms with E-state index in [0.29, 0.717) is 0 Å². The molecule has 0 spiro atoms. The molecule has 1 aromatic heterocycles. The van der Waals surface area contributed by atoms with Crippen molar-refractivity contribution in [2.45, 2.75) is 5.92 Å². The summed E-state index contributed by atoms with van der Waals surface area (Å²) in [7, 11) is 0. The van der Waals surface area contributed by atoms with E-state index in [4.69, 9.17) is 0 Å². The molecule has 0 radical (unpaired) electrons. The van der Waals surface area contributed by atoms with Gasteiger partial charge in [0.15, 0.2) is 18.6 Å². The van der Waals surface area contributed by atoms with Gasteiger partial charge in [0.25, 0.3) is 0 Å². The lowest BCUT2D eigenvalue weighted by Crippen LogP contribution is -2.36. The Labute approximate surface area is 66.8 Å². The molecule has 2 rings (SSSR count). The van der Waals surface area contributed by atoms with Gasteiger partial charge >= 0.3 is 11.6 Å². The van der Waals surface area contributed by atoms with E-state index >= 15 is 0 Å². The van der Waals surface area contributed by atoms with Crippen molar-refractivity contribution in [1.29, 1.82) is 0 Å². The zero-order chi connectivity index (χ0) is 8.77. The summed E-state index contributed by atoms with van der Waals surface area (Å²) in [6.07, 6.45) is 1.03. The summed E-state index contributed by atoms with van der Waals surface area (Å²) in [6.45, 7) is -0.741. The first kappa shape index (κ1) is 7.27. The predicted molar refractivity (Wildman–Crippen MR) is 34.8 cm³/mol. The molecule has 0 atom stereocenters. The average molecular weight is 173 g/mol. The number of nitrogens with zero attached hydrogens (tertiary/aromatic N) is 1. The van der Waals surface area contributed by atoms with E-state index in [1.807, 2.05) is 0 Å². The van der Waals surface area contributed by atoms with Crippen LogP contribution in [0.2, 0.25) is 0 Å². The van der Waals surface area contributed by atoms with Gasteiger partial charge in [0.2, 0.25) is 0 Å². The van der Waals surface area contributed by atoms with Crippen LogP contribution in [-0.4, -0.2) is 6.61 Å². The number of aromatic nitrogens is 1. The van der Waals surface area contributed by atoms with Gasteiger partial charge in [-0.25, -0.2) is 0 Å². The normalized spacial score (nSPS) is 18.5. The molecule has 12 heavy (non-hydrogen) atoms. The van der Waals surface area contributed by atoms with Crippen molar-refractivity contribution in [1.82, 2.24) is 0 Å². The van der Waals surface area contributed by atoms with Crippen molar-refractivity contribution < 1.29 is 18.2 Å². The van der Waals surface area contributed by atoms with E-state index in [2.05, 4.69) is 4.74 Å². The van der Waals surface area contributed by atoms with Gasteiger partial charge in [-0.2, -0.15) is 13.5 Å². The summed E-state index contributed by atoms with van der Waals surface area (Å²) < 4.78 is 30.5. The standard InChI is InChI=1S/C7H5F2NO2/c8-7(9)4-12-5-2-1-3-10(11)6(5)7/h1-3H,4H2. The van der Waals surface area contributed by atoms with Crippen molar-refractivity contribution in [2.24, 2.45) is 0 Å². The summed E-state index contributed by atoms with van der Waals surface area (Å²) in [4.78, 5) is 0. The third-order valence-electron chi connectivity index (χ3n) is 1.68. The van der Waals surface area contributed by atoms with Crippen molar-refractivity contribution >= 4 is 0 Å². The Bertz CT molecular complexity index is 327. The molecule has 0 N–H and O–H groups in total. The molecule has 0 aromatic carbocycles. The molecule has 2 heterocycles. The van der Waals surface area contributed by atoms with Crippen LogP contribution in [0.1, 0.15) is 5.69 Å². The number of halogens is 2. The largest absolute Gasteiger partial charge is 0.618 e. The van der Waals surface area contributed by atoms with Gasteiger partial charge in [-0.1, -0.05) is 0 Å². The molecule has 0 aliphatic carbocycles. The van der Waals surface area contributed by atoms with Crippen LogP contribution in [0.4, 0.5) is 8.78 Å². The second-order valence-corrected chi connectivity index (χ2v) is 2.54. The summed E-state index contributed by atoms with van der Waals surface area (Å²) in [5.41, 5.74) is -0.593. The first-order chi connectivity index (χ1) is 5.61. The Hall–Kier alpha value is -1.39. The number of rotatable bonds is 0. The summed E-state index contributed by atoms with van der Waals surface area (Å²) in [5, 5.41) is 10.9. The molecule has 5 heteroatoms. The lowest BCUT2D eigenvalue weighted by molar-refractivity contribution is -0.622. The highest BCUT2D eigenvalue weighted by Gasteiger charge is 2.49. The lowest BCUT2D eigenvalue weighted by atomic mass is 10.2. The van der Waals surface area contributed by atoms with Crippen molar-refractivity contribution in [3.63, 3.8) is 0 Å². The Kier molecular flexibility index (Phi) is 1.25. The van der Waals surface area contributed by atoms with Crippen LogP contribution in [-0.2, 0) is 5.92 Å². The Balaban J connectivity index is 2.64. The number of fused-ring (bicyclic) bond motifs is 1. The molecule has 0 unspecified atom stereocenters. The van der Waals surface area contributed by atoms with Crippen LogP contribution in [0.15, 0.2) is 18.3 Å². The monoisotopic (exact) mass is 173 g/mol. The van der Waals surface area contributed by atoms with Crippen LogP contribution in [0, 0.1) is 5.21 Å². The second-order valence-electron chi connectivity index (χ2n) is 2.54. The highest BCUT2D eigenvalue weighted by atomic mass is 19.3. The summed E-state index contributed by atoms with van der Waals surface area (Å²) >= 11 is 0. The average Bonchev–Trinajstić information content (AvgIpc) is 2.29. The molecule has 1 aliphatic rings. The molecular weight excluding hydrogens is 168 g/mol. The van der Waals surface area contributed by atoms with Crippen molar-refractivity contribution in [3.8, 4) is 5.75 Å². The first-order valence-corrected chi connectivity index (χ1v) is 3.34. The van der Waals surface area contributed by atoms with Gasteiger partial charge in [0.1, 0.15) is 0 Å². The lowest BCUT2D eigenvalue weighted by Gasteiger charge is -2.05. The van der Waals surface area contributed by atoms with E-state index in [1.165, 1.54) is 12.1 Å². The first-order valence-electron chi connectivity index (χ1n) is 3.34. The molecule has 0 saturated heterocycles. The predicted octanol–water partition coefficient (Wildman–Crippen LogP) is 0.804. The fourth-order valence-electron chi connectivity index (χ4n) is 1.17. The Morgan fingerprint density at radius 2 is 2.33 bits per heavy atom. The van der Waals surface area contributed by atoms with E-state index in [-0.39, 0.29) is 10.5 Å². The van der Waals surface area contributed by atoms with Gasteiger partial charge in [0, 0.05) is 6.07 Å². The SMILES string of the molecule is [O-][n+]1cccc2c1C(F)(F)CO2. The van der Waals surface area contributed by atoms with Gasteiger partial charge < -0.3 is 9.94 Å². The zero-order valence-electron chi connectivity index (χ0n) is 5.96. The smallest absolute Gasteiger partial charge is 0.368 e.